The molecule has 2 heterocycles. The van der Waals surface area contributed by atoms with E-state index in [1.807, 2.05) is 18.2 Å². The predicted molar refractivity (Wildman–Crippen MR) is 105 cm³/mol. The van der Waals surface area contributed by atoms with Crippen LogP contribution >= 0.6 is 0 Å². The number of aryl methyl sites for hydroxylation is 2. The molecule has 8 heteroatoms. The number of nitrogens with one attached hydrogen (secondary N) is 1. The number of aromatic nitrogens is 2. The van der Waals surface area contributed by atoms with Gasteiger partial charge in [-0.1, -0.05) is 23.4 Å². The van der Waals surface area contributed by atoms with Crippen LogP contribution in [0.1, 0.15) is 35.9 Å². The summed E-state index contributed by atoms with van der Waals surface area (Å²) in [5.74, 6) is -0.353. The lowest BCUT2D eigenvalue weighted by atomic mass is 9.90. The molecule has 152 valence electrons. The monoisotopic (exact) mass is 406 g/mol. The fourth-order valence-electron chi connectivity index (χ4n) is 4.09. The minimum atomic E-state index is -1.14. The van der Waals surface area contributed by atoms with Gasteiger partial charge in [0.1, 0.15) is 17.9 Å². The molecule has 0 unspecified atom stereocenters. The molecule has 3 aromatic rings. The van der Waals surface area contributed by atoms with E-state index in [1.54, 1.807) is 6.92 Å². The third kappa shape index (κ3) is 2.96. The van der Waals surface area contributed by atoms with Gasteiger partial charge in [-0.05, 0) is 67.1 Å². The van der Waals surface area contributed by atoms with Crippen molar-refractivity contribution in [3.8, 4) is 11.4 Å². The predicted octanol–water partition coefficient (Wildman–Crippen LogP) is 3.33. The van der Waals surface area contributed by atoms with E-state index in [4.69, 9.17) is 4.52 Å². The summed E-state index contributed by atoms with van der Waals surface area (Å²) < 4.78 is 18.3. The molecular formula is C22H19FN4O3. The first-order valence-electron chi connectivity index (χ1n) is 9.79. The lowest BCUT2D eigenvalue weighted by molar-refractivity contribution is -0.131. The second-order valence-electron chi connectivity index (χ2n) is 7.80. The minimum Gasteiger partial charge on any atom is -0.337 e. The van der Waals surface area contributed by atoms with E-state index >= 15 is 0 Å². The molecule has 2 aromatic carbocycles. The van der Waals surface area contributed by atoms with E-state index < -0.39 is 11.6 Å². The molecule has 0 radical (unpaired) electrons. The summed E-state index contributed by atoms with van der Waals surface area (Å²) in [4.78, 5) is 31.1. The number of carbonyl (C=O) groups excluding carboxylic acids is 2. The van der Waals surface area contributed by atoms with Crippen LogP contribution in [0.3, 0.4) is 0 Å². The average molecular weight is 406 g/mol. The molecule has 3 amide bonds. The summed E-state index contributed by atoms with van der Waals surface area (Å²) in [5.41, 5.74) is 2.73. The lowest BCUT2D eigenvalue weighted by Gasteiger charge is -2.22. The number of urea groups is 1. The minimum absolute atomic E-state index is 0.121. The van der Waals surface area contributed by atoms with Crippen LogP contribution < -0.4 is 5.32 Å². The van der Waals surface area contributed by atoms with Crippen molar-refractivity contribution in [2.45, 2.75) is 38.3 Å². The fourth-order valence-corrected chi connectivity index (χ4v) is 4.09. The molecule has 1 aliphatic heterocycles. The summed E-state index contributed by atoms with van der Waals surface area (Å²) in [6, 6.07) is 11.1. The quantitative estimate of drug-likeness (QED) is 0.672. The largest absolute Gasteiger partial charge is 0.337 e. The highest BCUT2D eigenvalue weighted by atomic mass is 19.1. The number of nitrogens with zero attached hydrogens (tertiary/aromatic N) is 3. The molecule has 7 nitrogen and oxygen atoms in total. The van der Waals surface area contributed by atoms with Crippen LogP contribution in [0.4, 0.5) is 9.18 Å². The molecule has 1 saturated heterocycles. The van der Waals surface area contributed by atoms with E-state index in [0.717, 1.165) is 29.7 Å². The van der Waals surface area contributed by atoms with Crippen LogP contribution in [0.25, 0.3) is 11.4 Å². The first kappa shape index (κ1) is 18.5. The smallest absolute Gasteiger partial charge is 0.325 e. The second kappa shape index (κ2) is 6.76. The third-order valence-corrected chi connectivity index (χ3v) is 5.81. The second-order valence-corrected chi connectivity index (χ2v) is 7.80. The van der Waals surface area contributed by atoms with E-state index in [1.165, 1.54) is 35.4 Å². The van der Waals surface area contributed by atoms with Crippen molar-refractivity contribution in [3.05, 3.63) is 70.9 Å². The summed E-state index contributed by atoms with van der Waals surface area (Å²) in [6.45, 7) is 1.57. The van der Waals surface area contributed by atoms with E-state index in [2.05, 4.69) is 15.5 Å². The standard InChI is InChI=1S/C22H19FN4O3/c1-22(16-8-5-13-3-2-4-15(13)11-16)20(28)27(21(29)25-22)12-18-24-19(26-30-18)14-6-9-17(23)10-7-14/h5-11H,2-4,12H2,1H3,(H,25,29)/t22-/m1/s1. The number of rotatable bonds is 4. The normalized spacial score (nSPS) is 20.5. The molecule has 1 N–H and O–H groups in total. The van der Waals surface area contributed by atoms with Gasteiger partial charge in [-0.25, -0.2) is 9.18 Å². The van der Waals surface area contributed by atoms with Crippen molar-refractivity contribution in [1.29, 1.82) is 0 Å². The van der Waals surface area contributed by atoms with E-state index in [9.17, 15) is 14.0 Å². The Morgan fingerprint density at radius 1 is 1.13 bits per heavy atom. The molecule has 0 spiro atoms. The van der Waals surface area contributed by atoms with Crippen molar-refractivity contribution < 1.29 is 18.5 Å². The number of halogens is 1. The van der Waals surface area contributed by atoms with Gasteiger partial charge in [0.25, 0.3) is 5.91 Å². The number of carbonyl (C=O) groups is 2. The van der Waals surface area contributed by atoms with Crippen LogP contribution in [0.5, 0.6) is 0 Å². The number of amides is 3. The SMILES string of the molecule is C[C@]1(c2ccc3c(c2)CCC3)NC(=O)N(Cc2nc(-c3ccc(F)cc3)no2)C1=O. The lowest BCUT2D eigenvalue weighted by Crippen LogP contribution is -2.41. The van der Waals surface area contributed by atoms with Gasteiger partial charge in [0.15, 0.2) is 0 Å². The van der Waals surface area contributed by atoms with E-state index in [-0.39, 0.29) is 30.0 Å². The molecule has 0 saturated carbocycles. The van der Waals surface area contributed by atoms with E-state index in [0.29, 0.717) is 5.56 Å². The fraction of sp³-hybridized carbons (Fsp3) is 0.273. The van der Waals surface area contributed by atoms with Crippen molar-refractivity contribution in [2.75, 3.05) is 0 Å². The first-order chi connectivity index (χ1) is 14.4. The summed E-state index contributed by atoms with van der Waals surface area (Å²) >= 11 is 0. The molecule has 2 aliphatic rings. The van der Waals surface area contributed by atoms with Crippen LogP contribution in [-0.4, -0.2) is 27.0 Å². The Hall–Kier alpha value is -3.55. The highest BCUT2D eigenvalue weighted by Gasteiger charge is 2.49. The number of hydrogen-bond acceptors (Lipinski definition) is 5. The van der Waals surface area contributed by atoms with Crippen molar-refractivity contribution in [2.24, 2.45) is 0 Å². The molecule has 5 rings (SSSR count). The molecule has 1 aliphatic carbocycles. The van der Waals surface area contributed by atoms with Gasteiger partial charge in [-0.15, -0.1) is 0 Å². The Labute approximate surface area is 171 Å². The van der Waals surface area contributed by atoms with Gasteiger partial charge >= 0.3 is 6.03 Å². The maximum absolute atomic E-state index is 13.2. The van der Waals surface area contributed by atoms with Crippen LogP contribution in [0.2, 0.25) is 0 Å². The Morgan fingerprint density at radius 2 is 1.90 bits per heavy atom. The topological polar surface area (TPSA) is 88.3 Å². The molecule has 0 bridgehead atoms. The zero-order chi connectivity index (χ0) is 20.9. The molecule has 30 heavy (non-hydrogen) atoms. The maximum atomic E-state index is 13.2. The van der Waals surface area contributed by atoms with Gasteiger partial charge in [0, 0.05) is 5.56 Å². The van der Waals surface area contributed by atoms with Crippen LogP contribution in [0.15, 0.2) is 47.0 Å². The Morgan fingerprint density at radius 3 is 2.70 bits per heavy atom. The van der Waals surface area contributed by atoms with Crippen LogP contribution in [-0.2, 0) is 29.7 Å². The van der Waals surface area contributed by atoms with Gasteiger partial charge in [-0.3, -0.25) is 9.69 Å². The summed E-state index contributed by atoms with van der Waals surface area (Å²) in [5, 5.41) is 6.67. The van der Waals surface area contributed by atoms with Gasteiger partial charge in [-0.2, -0.15) is 4.98 Å². The van der Waals surface area contributed by atoms with Gasteiger partial charge in [0.2, 0.25) is 11.7 Å². The number of hydrogen-bond donors (Lipinski definition) is 1. The number of imide groups is 1. The molecule has 1 aromatic heterocycles. The van der Waals surface area contributed by atoms with Gasteiger partial charge < -0.3 is 9.84 Å². The molecule has 1 fully saturated rings. The molecular weight excluding hydrogens is 387 g/mol. The summed E-state index contributed by atoms with van der Waals surface area (Å²) in [6.07, 6.45) is 3.14. The molecule has 1 atom stereocenters. The van der Waals surface area contributed by atoms with Crippen LogP contribution in [0, 0.1) is 5.82 Å². The Bertz CT molecular complexity index is 1160. The van der Waals surface area contributed by atoms with Crippen molar-refractivity contribution in [1.82, 2.24) is 20.4 Å². The van der Waals surface area contributed by atoms with Gasteiger partial charge in [0.05, 0.1) is 0 Å². The summed E-state index contributed by atoms with van der Waals surface area (Å²) in [7, 11) is 0. The number of benzene rings is 2. The zero-order valence-corrected chi connectivity index (χ0v) is 16.3. The maximum Gasteiger partial charge on any atom is 0.325 e. The average Bonchev–Trinajstić information content (AvgIpc) is 3.44. The highest BCUT2D eigenvalue weighted by Crippen LogP contribution is 2.33. The highest BCUT2D eigenvalue weighted by molar-refractivity contribution is 6.07. The zero-order valence-electron chi connectivity index (χ0n) is 16.3. The first-order valence-corrected chi connectivity index (χ1v) is 9.79. The Balaban J connectivity index is 1.38. The third-order valence-electron chi connectivity index (χ3n) is 5.81. The van der Waals surface area contributed by atoms with Crippen molar-refractivity contribution in [3.63, 3.8) is 0 Å². The number of fused-ring (bicyclic) bond motifs is 1. The Kier molecular flexibility index (Phi) is 4.16. The van der Waals surface area contributed by atoms with Crippen molar-refractivity contribution >= 4 is 11.9 Å².